The average molecular weight is 381 g/mol. The molecule has 0 fully saturated rings. The lowest BCUT2D eigenvalue weighted by molar-refractivity contribution is 0.230. The van der Waals surface area contributed by atoms with Crippen LogP contribution < -0.4 is 14.2 Å². The van der Waals surface area contributed by atoms with Gasteiger partial charge in [0.15, 0.2) is 5.75 Å². The van der Waals surface area contributed by atoms with Crippen molar-refractivity contribution in [3.05, 3.63) is 53.8 Å². The molecule has 0 radical (unpaired) electrons. The van der Waals surface area contributed by atoms with Crippen molar-refractivity contribution in [2.45, 2.75) is 13.0 Å². The summed E-state index contributed by atoms with van der Waals surface area (Å²) in [5.41, 5.74) is 5.46. The van der Waals surface area contributed by atoms with E-state index < -0.39 is 0 Å². The maximum absolute atomic E-state index is 6.26. The van der Waals surface area contributed by atoms with Crippen LogP contribution in [-0.2, 0) is 0 Å². The van der Waals surface area contributed by atoms with Gasteiger partial charge in [-0.3, -0.25) is 0 Å². The lowest BCUT2D eigenvalue weighted by Crippen LogP contribution is -2.02. The van der Waals surface area contributed by atoms with Gasteiger partial charge in [0.25, 0.3) is 5.88 Å². The van der Waals surface area contributed by atoms with Crippen LogP contribution >= 0.6 is 11.3 Å². The summed E-state index contributed by atoms with van der Waals surface area (Å²) in [5, 5.41) is 0. The van der Waals surface area contributed by atoms with E-state index in [9.17, 15) is 0 Å². The van der Waals surface area contributed by atoms with E-state index in [0.29, 0.717) is 11.6 Å². The number of aromatic nitrogens is 3. The quantitative estimate of drug-likeness (QED) is 0.517. The number of pyridine rings is 1. The van der Waals surface area contributed by atoms with Crippen LogP contribution in [0.25, 0.3) is 21.5 Å². The fourth-order valence-corrected chi connectivity index (χ4v) is 3.64. The van der Waals surface area contributed by atoms with Crippen molar-refractivity contribution >= 4 is 21.6 Å². The van der Waals surface area contributed by atoms with Gasteiger partial charge in [-0.05, 0) is 37.3 Å². The van der Waals surface area contributed by atoms with Crippen molar-refractivity contribution in [3.63, 3.8) is 0 Å². The van der Waals surface area contributed by atoms with Gasteiger partial charge in [0.2, 0.25) is 0 Å². The standard InChI is InChI=1S/C20H19N3O3S/c1-12(13-6-7-21-10-13)26-18-9-14(8-16-19(18)27-11-22-16)15-4-5-17(24-2)20(23-15)25-3/h4-12,21H,1-3H3/t12-/m1/s1. The Hall–Kier alpha value is -3.06. The zero-order valence-electron chi connectivity index (χ0n) is 15.2. The number of thiazole rings is 1. The van der Waals surface area contributed by atoms with E-state index in [2.05, 4.69) is 15.0 Å². The molecule has 7 heteroatoms. The third kappa shape index (κ3) is 3.33. The lowest BCUT2D eigenvalue weighted by Gasteiger charge is -2.15. The minimum atomic E-state index is -0.0878. The third-order valence-corrected chi connectivity index (χ3v) is 5.18. The van der Waals surface area contributed by atoms with Crippen LogP contribution in [0.15, 0.2) is 48.2 Å². The molecular weight excluding hydrogens is 362 g/mol. The topological polar surface area (TPSA) is 69.3 Å². The first-order valence-electron chi connectivity index (χ1n) is 8.45. The van der Waals surface area contributed by atoms with Crippen molar-refractivity contribution in [1.82, 2.24) is 15.0 Å². The Bertz CT molecular complexity index is 1060. The van der Waals surface area contributed by atoms with E-state index >= 15 is 0 Å². The molecular formula is C20H19N3O3S. The first-order valence-corrected chi connectivity index (χ1v) is 9.33. The number of hydrogen-bond donors (Lipinski definition) is 1. The number of H-pyrrole nitrogens is 1. The van der Waals surface area contributed by atoms with Crippen LogP contribution in [0.3, 0.4) is 0 Å². The Morgan fingerprint density at radius 2 is 1.96 bits per heavy atom. The molecule has 0 saturated heterocycles. The molecule has 1 aromatic carbocycles. The third-order valence-electron chi connectivity index (χ3n) is 4.33. The number of fused-ring (bicyclic) bond motifs is 1. The summed E-state index contributed by atoms with van der Waals surface area (Å²) in [6.45, 7) is 2.03. The molecule has 4 aromatic rings. The first kappa shape index (κ1) is 17.4. The average Bonchev–Trinajstić information content (AvgIpc) is 3.39. The number of hydrogen-bond acceptors (Lipinski definition) is 6. The van der Waals surface area contributed by atoms with Crippen molar-refractivity contribution in [2.75, 3.05) is 14.2 Å². The normalized spacial score (nSPS) is 12.1. The molecule has 1 atom stereocenters. The molecule has 138 valence electrons. The number of aromatic amines is 1. The highest BCUT2D eigenvalue weighted by Gasteiger charge is 2.15. The van der Waals surface area contributed by atoms with E-state index in [1.165, 1.54) is 0 Å². The van der Waals surface area contributed by atoms with Gasteiger partial charge in [0, 0.05) is 23.5 Å². The second-order valence-electron chi connectivity index (χ2n) is 5.99. The van der Waals surface area contributed by atoms with Crippen LogP contribution in [0.4, 0.5) is 0 Å². The largest absolute Gasteiger partial charge is 0.491 e. The van der Waals surface area contributed by atoms with Crippen molar-refractivity contribution in [3.8, 4) is 28.6 Å². The van der Waals surface area contributed by atoms with Gasteiger partial charge in [0.05, 0.1) is 35.6 Å². The number of nitrogens with one attached hydrogen (secondary N) is 1. The van der Waals surface area contributed by atoms with Crippen molar-refractivity contribution < 1.29 is 14.2 Å². The molecule has 6 nitrogen and oxygen atoms in total. The van der Waals surface area contributed by atoms with E-state index in [4.69, 9.17) is 14.2 Å². The molecule has 0 amide bonds. The van der Waals surface area contributed by atoms with Crippen molar-refractivity contribution in [2.24, 2.45) is 0 Å². The maximum Gasteiger partial charge on any atom is 0.257 e. The van der Waals surface area contributed by atoms with Crippen LogP contribution in [0.1, 0.15) is 18.6 Å². The minimum absolute atomic E-state index is 0.0878. The molecule has 0 aliphatic carbocycles. The predicted molar refractivity (Wildman–Crippen MR) is 106 cm³/mol. The second kappa shape index (κ2) is 7.28. The smallest absolute Gasteiger partial charge is 0.257 e. The molecule has 1 N–H and O–H groups in total. The Morgan fingerprint density at radius 3 is 2.70 bits per heavy atom. The zero-order chi connectivity index (χ0) is 18.8. The summed E-state index contributed by atoms with van der Waals surface area (Å²) in [7, 11) is 3.17. The predicted octanol–water partition coefficient (Wildman–Crippen LogP) is 4.84. The lowest BCUT2D eigenvalue weighted by atomic mass is 10.1. The molecule has 0 aliphatic rings. The monoisotopic (exact) mass is 381 g/mol. The second-order valence-corrected chi connectivity index (χ2v) is 6.84. The molecule has 4 rings (SSSR count). The number of nitrogens with zero attached hydrogens (tertiary/aromatic N) is 2. The van der Waals surface area contributed by atoms with Crippen LogP contribution in [0.5, 0.6) is 17.4 Å². The highest BCUT2D eigenvalue weighted by molar-refractivity contribution is 7.17. The summed E-state index contributed by atoms with van der Waals surface area (Å²) >= 11 is 1.56. The molecule has 3 heterocycles. The summed E-state index contributed by atoms with van der Waals surface area (Å²) in [6.07, 6.45) is 3.74. The molecule has 0 unspecified atom stereocenters. The van der Waals surface area contributed by atoms with Gasteiger partial charge in [0.1, 0.15) is 11.9 Å². The highest BCUT2D eigenvalue weighted by atomic mass is 32.1. The Balaban J connectivity index is 1.76. The summed E-state index contributed by atoms with van der Waals surface area (Å²) in [4.78, 5) is 12.1. The molecule has 0 bridgehead atoms. The summed E-state index contributed by atoms with van der Waals surface area (Å²) in [5.74, 6) is 1.82. The van der Waals surface area contributed by atoms with E-state index in [1.807, 2.05) is 55.2 Å². The number of rotatable bonds is 6. The van der Waals surface area contributed by atoms with Crippen LogP contribution in [0, 0.1) is 0 Å². The Morgan fingerprint density at radius 1 is 1.07 bits per heavy atom. The summed E-state index contributed by atoms with van der Waals surface area (Å²) < 4.78 is 17.9. The van der Waals surface area contributed by atoms with Gasteiger partial charge in [-0.25, -0.2) is 9.97 Å². The minimum Gasteiger partial charge on any atom is -0.491 e. The van der Waals surface area contributed by atoms with Gasteiger partial charge in [-0.15, -0.1) is 11.3 Å². The fraction of sp³-hybridized carbons (Fsp3) is 0.200. The number of ether oxygens (including phenoxy) is 3. The Labute approximate surface area is 160 Å². The highest BCUT2D eigenvalue weighted by Crippen LogP contribution is 2.37. The van der Waals surface area contributed by atoms with Gasteiger partial charge >= 0.3 is 0 Å². The van der Waals surface area contributed by atoms with Gasteiger partial charge in [-0.1, -0.05) is 0 Å². The van der Waals surface area contributed by atoms with Gasteiger partial charge < -0.3 is 19.2 Å². The zero-order valence-corrected chi connectivity index (χ0v) is 16.0. The van der Waals surface area contributed by atoms with E-state index in [1.54, 1.807) is 25.6 Å². The molecule has 3 aromatic heterocycles. The molecule has 27 heavy (non-hydrogen) atoms. The Kier molecular flexibility index (Phi) is 4.68. The molecule has 0 saturated carbocycles. The molecule has 0 aliphatic heterocycles. The summed E-state index contributed by atoms with van der Waals surface area (Å²) in [6, 6.07) is 9.75. The number of benzene rings is 1. The van der Waals surface area contributed by atoms with Crippen LogP contribution in [-0.4, -0.2) is 29.2 Å². The van der Waals surface area contributed by atoms with Crippen LogP contribution in [0.2, 0.25) is 0 Å². The van der Waals surface area contributed by atoms with Gasteiger partial charge in [-0.2, -0.15) is 0 Å². The van der Waals surface area contributed by atoms with Crippen molar-refractivity contribution in [1.29, 1.82) is 0 Å². The first-order chi connectivity index (χ1) is 13.2. The van der Waals surface area contributed by atoms with E-state index in [0.717, 1.165) is 32.8 Å². The SMILES string of the molecule is COc1ccc(-c2cc(O[C@H](C)c3cc[nH]c3)c3scnc3c2)nc1OC. The molecule has 0 spiro atoms. The maximum atomic E-state index is 6.26. The fourth-order valence-electron chi connectivity index (χ4n) is 2.91. The van der Waals surface area contributed by atoms with E-state index in [-0.39, 0.29) is 6.10 Å². The number of methoxy groups -OCH3 is 2.